The molecule has 0 aromatic heterocycles. The number of carboxylic acid groups (broad SMARTS) is 1. The largest absolute Gasteiger partial charge is 0.480 e. The molecule has 1 N–H and O–H groups in total. The predicted octanol–water partition coefficient (Wildman–Crippen LogP) is 1.64. The minimum atomic E-state index is -0.870. The molecule has 0 aliphatic heterocycles. The van der Waals surface area contributed by atoms with Crippen LogP contribution in [0.5, 0.6) is 0 Å². The fourth-order valence-corrected chi connectivity index (χ4v) is 1.86. The lowest BCUT2D eigenvalue weighted by Gasteiger charge is -2.27. The number of amides is 1. The maximum Gasteiger partial charge on any atom is 0.326 e. The highest BCUT2D eigenvalue weighted by molar-refractivity contribution is 5.82. The molecule has 1 saturated carbocycles. The molecular formula is C11H19NO3. The number of nitrogens with zero attached hydrogens (tertiary/aromatic N) is 1. The molecule has 4 heteroatoms. The molecule has 0 bridgehead atoms. The summed E-state index contributed by atoms with van der Waals surface area (Å²) in [5.41, 5.74) is 0. The summed E-state index contributed by atoms with van der Waals surface area (Å²) in [5, 5.41) is 9.10. The van der Waals surface area contributed by atoms with Crippen molar-refractivity contribution in [1.82, 2.24) is 4.90 Å². The first-order chi connectivity index (χ1) is 7.07. The van der Waals surface area contributed by atoms with E-state index in [9.17, 15) is 9.59 Å². The molecule has 0 aromatic rings. The van der Waals surface area contributed by atoms with Crippen molar-refractivity contribution in [1.29, 1.82) is 0 Å². The number of carbonyl (C=O) groups excluding carboxylic acids is 1. The average Bonchev–Trinajstić information content (AvgIpc) is 2.94. The van der Waals surface area contributed by atoms with Gasteiger partial charge < -0.3 is 10.0 Å². The standard InChI is InChI=1S/C11H19NO3/c1-3-4-5-10(11(14)15)12(8(2)13)9-6-7-9/h9-10H,3-7H2,1-2H3,(H,14,15). The van der Waals surface area contributed by atoms with Gasteiger partial charge in [0.1, 0.15) is 6.04 Å². The van der Waals surface area contributed by atoms with E-state index < -0.39 is 12.0 Å². The van der Waals surface area contributed by atoms with Gasteiger partial charge in [0.05, 0.1) is 0 Å². The van der Waals surface area contributed by atoms with Gasteiger partial charge in [-0.05, 0) is 19.3 Å². The number of carboxylic acids is 1. The van der Waals surface area contributed by atoms with E-state index in [1.165, 1.54) is 6.92 Å². The highest BCUT2D eigenvalue weighted by Crippen LogP contribution is 2.30. The SMILES string of the molecule is CCCCC(C(=O)O)N(C(C)=O)C1CC1. The normalized spacial score (nSPS) is 17.2. The van der Waals surface area contributed by atoms with Gasteiger partial charge in [0.2, 0.25) is 5.91 Å². The molecule has 0 saturated heterocycles. The van der Waals surface area contributed by atoms with Crippen molar-refractivity contribution >= 4 is 11.9 Å². The maximum atomic E-state index is 11.4. The summed E-state index contributed by atoms with van der Waals surface area (Å²) in [6, 6.07) is -0.435. The third-order valence-electron chi connectivity index (χ3n) is 2.76. The predicted molar refractivity (Wildman–Crippen MR) is 56.5 cm³/mol. The lowest BCUT2D eigenvalue weighted by molar-refractivity contribution is -0.150. The fourth-order valence-electron chi connectivity index (χ4n) is 1.86. The zero-order chi connectivity index (χ0) is 11.4. The Balaban J connectivity index is 2.65. The van der Waals surface area contributed by atoms with E-state index in [0.29, 0.717) is 6.42 Å². The molecule has 15 heavy (non-hydrogen) atoms. The van der Waals surface area contributed by atoms with Gasteiger partial charge in [-0.15, -0.1) is 0 Å². The Bertz CT molecular complexity index is 248. The fraction of sp³-hybridized carbons (Fsp3) is 0.818. The van der Waals surface area contributed by atoms with Crippen LogP contribution in [0.2, 0.25) is 0 Å². The number of carbonyl (C=O) groups is 2. The van der Waals surface area contributed by atoms with Crippen LogP contribution in [-0.4, -0.2) is 34.0 Å². The Kier molecular flexibility index (Phi) is 4.12. The Morgan fingerprint density at radius 3 is 2.40 bits per heavy atom. The molecular weight excluding hydrogens is 194 g/mol. The second kappa shape index (κ2) is 5.14. The van der Waals surface area contributed by atoms with E-state index >= 15 is 0 Å². The van der Waals surface area contributed by atoms with Gasteiger partial charge in [-0.1, -0.05) is 19.8 Å². The van der Waals surface area contributed by atoms with E-state index in [1.807, 2.05) is 6.92 Å². The summed E-state index contributed by atoms with van der Waals surface area (Å²) < 4.78 is 0. The van der Waals surface area contributed by atoms with Gasteiger partial charge in [0.15, 0.2) is 0 Å². The molecule has 1 fully saturated rings. The summed E-state index contributed by atoms with van der Waals surface area (Å²) in [6.45, 7) is 3.48. The zero-order valence-electron chi connectivity index (χ0n) is 9.40. The van der Waals surface area contributed by atoms with Crippen LogP contribution >= 0.6 is 0 Å². The summed E-state index contributed by atoms with van der Waals surface area (Å²) in [7, 11) is 0. The minimum Gasteiger partial charge on any atom is -0.480 e. The zero-order valence-corrected chi connectivity index (χ0v) is 9.40. The van der Waals surface area contributed by atoms with Crippen molar-refractivity contribution in [3.8, 4) is 0 Å². The van der Waals surface area contributed by atoms with Crippen molar-refractivity contribution in [2.24, 2.45) is 0 Å². The van der Waals surface area contributed by atoms with E-state index in [1.54, 1.807) is 4.90 Å². The third-order valence-corrected chi connectivity index (χ3v) is 2.76. The topological polar surface area (TPSA) is 57.6 Å². The smallest absolute Gasteiger partial charge is 0.326 e. The molecule has 1 atom stereocenters. The van der Waals surface area contributed by atoms with Crippen LogP contribution in [0.15, 0.2) is 0 Å². The Labute approximate surface area is 90.3 Å². The van der Waals surface area contributed by atoms with Crippen molar-refractivity contribution in [2.45, 2.75) is 58.0 Å². The molecule has 0 radical (unpaired) electrons. The summed E-state index contributed by atoms with van der Waals surface area (Å²) in [6.07, 6.45) is 4.29. The molecule has 86 valence electrons. The Hall–Kier alpha value is -1.06. The lowest BCUT2D eigenvalue weighted by atomic mass is 10.1. The van der Waals surface area contributed by atoms with E-state index in [-0.39, 0.29) is 11.9 Å². The van der Waals surface area contributed by atoms with Crippen LogP contribution in [-0.2, 0) is 9.59 Å². The highest BCUT2D eigenvalue weighted by atomic mass is 16.4. The minimum absolute atomic E-state index is 0.110. The van der Waals surface area contributed by atoms with Gasteiger partial charge >= 0.3 is 5.97 Å². The molecule has 0 heterocycles. The second-order valence-electron chi connectivity index (χ2n) is 4.15. The first kappa shape index (κ1) is 12.0. The van der Waals surface area contributed by atoms with Crippen molar-refractivity contribution in [3.05, 3.63) is 0 Å². The average molecular weight is 213 g/mol. The van der Waals surface area contributed by atoms with Gasteiger partial charge in [0.25, 0.3) is 0 Å². The lowest BCUT2D eigenvalue weighted by Crippen LogP contribution is -2.45. The van der Waals surface area contributed by atoms with Gasteiger partial charge in [-0.3, -0.25) is 4.79 Å². The van der Waals surface area contributed by atoms with Crippen molar-refractivity contribution in [2.75, 3.05) is 0 Å². The van der Waals surface area contributed by atoms with Crippen molar-refractivity contribution in [3.63, 3.8) is 0 Å². The number of unbranched alkanes of at least 4 members (excludes halogenated alkanes) is 1. The maximum absolute atomic E-state index is 11.4. The first-order valence-electron chi connectivity index (χ1n) is 5.59. The number of hydrogen-bond acceptors (Lipinski definition) is 2. The van der Waals surface area contributed by atoms with Gasteiger partial charge in [-0.2, -0.15) is 0 Å². The summed E-state index contributed by atoms with van der Waals surface area (Å²) >= 11 is 0. The third kappa shape index (κ3) is 3.22. The van der Waals surface area contributed by atoms with Crippen molar-refractivity contribution < 1.29 is 14.7 Å². The molecule has 1 aliphatic rings. The van der Waals surface area contributed by atoms with Crippen LogP contribution in [0.3, 0.4) is 0 Å². The first-order valence-corrected chi connectivity index (χ1v) is 5.59. The van der Waals surface area contributed by atoms with Gasteiger partial charge in [0, 0.05) is 13.0 Å². The second-order valence-corrected chi connectivity index (χ2v) is 4.15. The van der Waals surface area contributed by atoms with Crippen LogP contribution < -0.4 is 0 Å². The quantitative estimate of drug-likeness (QED) is 0.729. The molecule has 1 aliphatic carbocycles. The van der Waals surface area contributed by atoms with Gasteiger partial charge in [-0.25, -0.2) is 4.79 Å². The monoisotopic (exact) mass is 213 g/mol. The molecule has 1 rings (SSSR count). The summed E-state index contributed by atoms with van der Waals surface area (Å²) in [4.78, 5) is 24.0. The summed E-state index contributed by atoms with van der Waals surface area (Å²) in [5.74, 6) is -0.980. The molecule has 1 unspecified atom stereocenters. The Morgan fingerprint density at radius 1 is 1.47 bits per heavy atom. The van der Waals surface area contributed by atoms with Crippen LogP contribution in [0.25, 0.3) is 0 Å². The molecule has 0 spiro atoms. The highest BCUT2D eigenvalue weighted by Gasteiger charge is 2.38. The Morgan fingerprint density at radius 2 is 2.07 bits per heavy atom. The molecule has 0 aromatic carbocycles. The van der Waals surface area contributed by atoms with E-state index in [4.69, 9.17) is 5.11 Å². The van der Waals surface area contributed by atoms with E-state index in [0.717, 1.165) is 25.7 Å². The number of hydrogen-bond donors (Lipinski definition) is 1. The number of rotatable bonds is 6. The van der Waals surface area contributed by atoms with E-state index in [2.05, 4.69) is 0 Å². The van der Waals surface area contributed by atoms with Crippen LogP contribution in [0.1, 0.15) is 46.0 Å². The van der Waals surface area contributed by atoms with Crippen LogP contribution in [0.4, 0.5) is 0 Å². The van der Waals surface area contributed by atoms with Crippen LogP contribution in [0, 0.1) is 0 Å². The molecule has 1 amide bonds. The number of aliphatic carboxylic acids is 1. The molecule has 4 nitrogen and oxygen atoms in total.